The van der Waals surface area contributed by atoms with Crippen molar-refractivity contribution in [3.8, 4) is 5.75 Å². The Labute approximate surface area is 126 Å². The lowest BCUT2D eigenvalue weighted by Crippen LogP contribution is -2.18. The van der Waals surface area contributed by atoms with E-state index in [9.17, 15) is 4.79 Å². The molecule has 0 bridgehead atoms. The molecule has 1 aromatic carbocycles. The number of rotatable bonds is 6. The van der Waals surface area contributed by atoms with E-state index in [1.54, 1.807) is 0 Å². The third-order valence-electron chi connectivity index (χ3n) is 3.45. The van der Waals surface area contributed by atoms with Crippen LogP contribution in [-0.2, 0) is 9.53 Å². The minimum atomic E-state index is 0.0239. The molecule has 116 valence electrons. The molecule has 1 N–H and O–H groups in total. The molecule has 1 atom stereocenters. The van der Waals surface area contributed by atoms with E-state index in [4.69, 9.17) is 9.47 Å². The lowest BCUT2D eigenvalue weighted by molar-refractivity contribution is -0.116. The largest absolute Gasteiger partial charge is 0.489 e. The summed E-state index contributed by atoms with van der Waals surface area (Å²) in [5, 5.41) is 2.94. The number of ether oxygens (including phenoxy) is 2. The Bertz CT molecular complexity index is 479. The lowest BCUT2D eigenvalue weighted by atomic mass is 10.1. The molecule has 0 aliphatic carbocycles. The highest BCUT2D eigenvalue weighted by Crippen LogP contribution is 2.27. The normalized spacial score (nSPS) is 18.0. The van der Waals surface area contributed by atoms with Crippen molar-refractivity contribution in [2.24, 2.45) is 5.92 Å². The van der Waals surface area contributed by atoms with Gasteiger partial charge in [-0.25, -0.2) is 0 Å². The number of carbonyl (C=O) groups excluding carboxylic acids is 1. The fourth-order valence-corrected chi connectivity index (χ4v) is 2.38. The molecule has 0 unspecified atom stereocenters. The summed E-state index contributed by atoms with van der Waals surface area (Å²) in [5.41, 5.74) is 1.85. The van der Waals surface area contributed by atoms with Gasteiger partial charge in [-0.2, -0.15) is 0 Å². The number of hydrogen-bond acceptors (Lipinski definition) is 3. The Morgan fingerprint density at radius 1 is 1.48 bits per heavy atom. The summed E-state index contributed by atoms with van der Waals surface area (Å²) in [4.78, 5) is 11.9. The van der Waals surface area contributed by atoms with Crippen LogP contribution in [0.25, 0.3) is 0 Å². The van der Waals surface area contributed by atoms with Crippen LogP contribution in [0.1, 0.15) is 38.7 Å². The number of amides is 1. The first-order chi connectivity index (χ1) is 10.0. The van der Waals surface area contributed by atoms with Crippen LogP contribution < -0.4 is 10.1 Å². The minimum absolute atomic E-state index is 0.0239. The highest BCUT2D eigenvalue weighted by molar-refractivity contribution is 5.92. The molecule has 0 spiro atoms. The summed E-state index contributed by atoms with van der Waals surface area (Å²) < 4.78 is 11.4. The highest BCUT2D eigenvalue weighted by atomic mass is 16.5. The van der Waals surface area contributed by atoms with Gasteiger partial charge in [0.15, 0.2) is 0 Å². The van der Waals surface area contributed by atoms with Crippen molar-refractivity contribution >= 4 is 11.6 Å². The van der Waals surface area contributed by atoms with Gasteiger partial charge in [0.25, 0.3) is 0 Å². The van der Waals surface area contributed by atoms with Gasteiger partial charge in [-0.15, -0.1) is 0 Å². The molecule has 21 heavy (non-hydrogen) atoms. The molecule has 0 aromatic heterocycles. The van der Waals surface area contributed by atoms with Gasteiger partial charge in [-0.05, 0) is 43.4 Å². The average Bonchev–Trinajstić information content (AvgIpc) is 2.91. The van der Waals surface area contributed by atoms with Crippen molar-refractivity contribution in [3.63, 3.8) is 0 Å². The van der Waals surface area contributed by atoms with E-state index < -0.39 is 0 Å². The third-order valence-corrected chi connectivity index (χ3v) is 3.45. The molecule has 1 aliphatic heterocycles. The first-order valence-electron chi connectivity index (χ1n) is 7.69. The third kappa shape index (κ3) is 5.05. The van der Waals surface area contributed by atoms with E-state index in [-0.39, 0.29) is 12.0 Å². The molecule has 1 aliphatic rings. The van der Waals surface area contributed by atoms with E-state index in [1.165, 1.54) is 0 Å². The Kier molecular flexibility index (Phi) is 5.62. The zero-order chi connectivity index (χ0) is 15.2. The average molecular weight is 291 g/mol. The van der Waals surface area contributed by atoms with Crippen LogP contribution in [0, 0.1) is 12.8 Å². The van der Waals surface area contributed by atoms with Gasteiger partial charge < -0.3 is 14.8 Å². The first-order valence-corrected chi connectivity index (χ1v) is 7.69. The van der Waals surface area contributed by atoms with Crippen LogP contribution in [0.3, 0.4) is 0 Å². The molecular formula is C17H25NO3. The van der Waals surface area contributed by atoms with Gasteiger partial charge in [0.05, 0.1) is 11.8 Å². The zero-order valence-electron chi connectivity index (χ0n) is 13.1. The molecule has 2 rings (SSSR count). The van der Waals surface area contributed by atoms with Crippen LogP contribution in [0.4, 0.5) is 5.69 Å². The van der Waals surface area contributed by atoms with Gasteiger partial charge in [0, 0.05) is 13.0 Å². The number of nitrogens with one attached hydrogen (secondary N) is 1. The SMILES string of the molecule is Cc1ccc(NC(=O)CC(C)C)c(OC[C@H]2CCCO2)c1. The van der Waals surface area contributed by atoms with Gasteiger partial charge >= 0.3 is 0 Å². The number of hydrogen-bond donors (Lipinski definition) is 1. The maximum atomic E-state index is 11.9. The van der Waals surface area contributed by atoms with E-state index >= 15 is 0 Å². The van der Waals surface area contributed by atoms with Crippen LogP contribution in [0.15, 0.2) is 18.2 Å². The quantitative estimate of drug-likeness (QED) is 0.872. The fraction of sp³-hybridized carbons (Fsp3) is 0.588. The van der Waals surface area contributed by atoms with Gasteiger partial charge in [0.2, 0.25) is 5.91 Å². The molecule has 1 saturated heterocycles. The monoisotopic (exact) mass is 291 g/mol. The van der Waals surface area contributed by atoms with Crippen LogP contribution in [-0.4, -0.2) is 25.2 Å². The van der Waals surface area contributed by atoms with E-state index in [0.29, 0.717) is 18.9 Å². The summed E-state index contributed by atoms with van der Waals surface area (Å²) in [6, 6.07) is 5.84. The van der Waals surface area contributed by atoms with Crippen molar-refractivity contribution in [2.45, 2.75) is 46.1 Å². The van der Waals surface area contributed by atoms with Gasteiger partial charge in [-0.3, -0.25) is 4.79 Å². The lowest BCUT2D eigenvalue weighted by Gasteiger charge is -2.16. The number of anilines is 1. The molecule has 4 nitrogen and oxygen atoms in total. The van der Waals surface area contributed by atoms with Gasteiger partial charge in [-0.1, -0.05) is 19.9 Å². The predicted octanol–water partition coefficient (Wildman–Crippen LogP) is 3.54. The predicted molar refractivity (Wildman–Crippen MR) is 83.7 cm³/mol. The second-order valence-corrected chi connectivity index (χ2v) is 6.09. The summed E-state index contributed by atoms with van der Waals surface area (Å²) >= 11 is 0. The van der Waals surface area contributed by atoms with E-state index in [1.807, 2.05) is 39.0 Å². The maximum Gasteiger partial charge on any atom is 0.224 e. The maximum absolute atomic E-state index is 11.9. The van der Waals surface area contributed by atoms with E-state index in [2.05, 4.69) is 5.32 Å². The summed E-state index contributed by atoms with van der Waals surface area (Å²) in [6.07, 6.45) is 2.82. The molecule has 1 heterocycles. The summed E-state index contributed by atoms with van der Waals surface area (Å²) in [5.74, 6) is 1.09. The fourth-order valence-electron chi connectivity index (χ4n) is 2.38. The van der Waals surface area contributed by atoms with Crippen molar-refractivity contribution in [2.75, 3.05) is 18.5 Å². The van der Waals surface area contributed by atoms with Crippen LogP contribution in [0.5, 0.6) is 5.75 Å². The molecule has 1 aromatic rings. The Morgan fingerprint density at radius 2 is 2.29 bits per heavy atom. The van der Waals surface area contributed by atoms with Crippen LogP contribution in [0.2, 0.25) is 0 Å². The smallest absolute Gasteiger partial charge is 0.224 e. The second kappa shape index (κ2) is 7.46. The molecule has 0 radical (unpaired) electrons. The van der Waals surface area contributed by atoms with Crippen molar-refractivity contribution in [3.05, 3.63) is 23.8 Å². The molecule has 1 fully saturated rings. The Hall–Kier alpha value is -1.55. The summed E-state index contributed by atoms with van der Waals surface area (Å²) in [6.45, 7) is 7.43. The standard InChI is InChI=1S/C17H25NO3/c1-12(2)9-17(19)18-15-7-6-13(3)10-16(15)21-11-14-5-4-8-20-14/h6-7,10,12,14H,4-5,8-9,11H2,1-3H3,(H,18,19)/t14-/m1/s1. The Morgan fingerprint density at radius 3 is 2.95 bits per heavy atom. The first kappa shape index (κ1) is 15.8. The molecule has 0 saturated carbocycles. The van der Waals surface area contributed by atoms with Crippen molar-refractivity contribution < 1.29 is 14.3 Å². The molecule has 1 amide bonds. The molecule has 4 heteroatoms. The zero-order valence-corrected chi connectivity index (χ0v) is 13.1. The highest BCUT2D eigenvalue weighted by Gasteiger charge is 2.17. The number of benzene rings is 1. The topological polar surface area (TPSA) is 47.6 Å². The van der Waals surface area contributed by atoms with E-state index in [0.717, 1.165) is 36.4 Å². The second-order valence-electron chi connectivity index (χ2n) is 6.09. The van der Waals surface area contributed by atoms with Crippen molar-refractivity contribution in [1.82, 2.24) is 0 Å². The summed E-state index contributed by atoms with van der Waals surface area (Å²) in [7, 11) is 0. The van der Waals surface area contributed by atoms with Crippen molar-refractivity contribution in [1.29, 1.82) is 0 Å². The number of aryl methyl sites for hydroxylation is 1. The number of carbonyl (C=O) groups is 1. The van der Waals surface area contributed by atoms with Gasteiger partial charge in [0.1, 0.15) is 12.4 Å². The molecular weight excluding hydrogens is 266 g/mol. The Balaban J connectivity index is 2.00. The van der Waals surface area contributed by atoms with Crippen LogP contribution >= 0.6 is 0 Å². The minimum Gasteiger partial charge on any atom is -0.489 e.